The van der Waals surface area contributed by atoms with Gasteiger partial charge in [-0.3, -0.25) is 0 Å². The molecule has 0 aliphatic carbocycles. The van der Waals surface area contributed by atoms with E-state index in [-0.39, 0.29) is 11.5 Å². The quantitative estimate of drug-likeness (QED) is 0.775. The van der Waals surface area contributed by atoms with E-state index in [9.17, 15) is 4.79 Å². The van der Waals surface area contributed by atoms with Crippen LogP contribution in [0.25, 0.3) is 0 Å². The number of piperidine rings is 1. The fourth-order valence-electron chi connectivity index (χ4n) is 3.40. The van der Waals surface area contributed by atoms with E-state index in [4.69, 9.17) is 4.74 Å². The van der Waals surface area contributed by atoms with Gasteiger partial charge >= 0.3 is 6.09 Å². The Balaban J connectivity index is 0.00000109. The van der Waals surface area contributed by atoms with Crippen LogP contribution in [0.15, 0.2) is 12.4 Å². The van der Waals surface area contributed by atoms with Crippen molar-refractivity contribution in [1.29, 1.82) is 0 Å². The number of likely N-dealkylation sites (tertiary alicyclic amines) is 1. The third-order valence-corrected chi connectivity index (χ3v) is 4.42. The number of aryl methyl sites for hydroxylation is 1. The molecule has 6 nitrogen and oxygen atoms in total. The second-order valence-corrected chi connectivity index (χ2v) is 7.92. The molecule has 2 saturated heterocycles. The van der Waals surface area contributed by atoms with Crippen LogP contribution in [-0.2, 0) is 4.74 Å². The summed E-state index contributed by atoms with van der Waals surface area (Å²) in [6.07, 6.45) is 5.68. The van der Waals surface area contributed by atoms with Gasteiger partial charge in [-0.05, 0) is 46.1 Å². The first-order valence-corrected chi connectivity index (χ1v) is 9.28. The van der Waals surface area contributed by atoms with Crippen molar-refractivity contribution in [2.75, 3.05) is 31.1 Å². The standard InChI is InChI=1S/C17H26N4O2.C2H6/c1-13-8-18-14(19-9-13)21-11-17(12-21)6-5-7-20(10-17)15(22)23-16(2,3)4;1-2/h8-9H,5-7,10-12H2,1-4H3;1-2H3. The largest absolute Gasteiger partial charge is 0.444 e. The van der Waals surface area contributed by atoms with Crippen molar-refractivity contribution in [3.63, 3.8) is 0 Å². The summed E-state index contributed by atoms with van der Waals surface area (Å²) in [4.78, 5) is 25.1. The molecule has 2 fully saturated rings. The van der Waals surface area contributed by atoms with Crippen LogP contribution >= 0.6 is 0 Å². The topological polar surface area (TPSA) is 58.6 Å². The summed E-state index contributed by atoms with van der Waals surface area (Å²) in [5.74, 6) is 0.788. The molecule has 140 valence electrons. The summed E-state index contributed by atoms with van der Waals surface area (Å²) in [7, 11) is 0. The normalized spacial score (nSPS) is 19.0. The molecular formula is C19H32N4O2. The van der Waals surface area contributed by atoms with Crippen LogP contribution in [0.2, 0.25) is 0 Å². The van der Waals surface area contributed by atoms with Crippen LogP contribution in [-0.4, -0.2) is 52.7 Å². The molecule has 6 heteroatoms. The number of nitrogens with zero attached hydrogens (tertiary/aromatic N) is 4. The van der Waals surface area contributed by atoms with Crippen LogP contribution < -0.4 is 4.90 Å². The molecule has 1 amide bonds. The smallest absolute Gasteiger partial charge is 0.410 e. The molecule has 0 N–H and O–H groups in total. The molecule has 1 aromatic rings. The van der Waals surface area contributed by atoms with Gasteiger partial charge in [0.1, 0.15) is 5.60 Å². The first kappa shape index (κ1) is 19.5. The van der Waals surface area contributed by atoms with E-state index in [1.54, 1.807) is 0 Å². The number of hydrogen-bond acceptors (Lipinski definition) is 5. The highest BCUT2D eigenvalue weighted by Crippen LogP contribution is 2.40. The van der Waals surface area contributed by atoms with Crippen LogP contribution in [0, 0.1) is 12.3 Å². The second-order valence-electron chi connectivity index (χ2n) is 7.92. The average Bonchev–Trinajstić information content (AvgIpc) is 2.54. The molecule has 2 aliphatic rings. The van der Waals surface area contributed by atoms with Crippen molar-refractivity contribution in [3.05, 3.63) is 18.0 Å². The fourth-order valence-corrected chi connectivity index (χ4v) is 3.40. The molecule has 0 aromatic carbocycles. The van der Waals surface area contributed by atoms with Crippen LogP contribution in [0.1, 0.15) is 53.0 Å². The van der Waals surface area contributed by atoms with Crippen molar-refractivity contribution >= 4 is 12.0 Å². The maximum atomic E-state index is 12.3. The van der Waals surface area contributed by atoms with Gasteiger partial charge in [0.2, 0.25) is 5.95 Å². The van der Waals surface area contributed by atoms with Crippen molar-refractivity contribution in [1.82, 2.24) is 14.9 Å². The number of carbonyl (C=O) groups is 1. The Morgan fingerprint density at radius 3 is 2.32 bits per heavy atom. The predicted octanol–water partition coefficient (Wildman–Crippen LogP) is 3.65. The van der Waals surface area contributed by atoms with E-state index < -0.39 is 5.60 Å². The van der Waals surface area contributed by atoms with Gasteiger partial charge < -0.3 is 14.5 Å². The molecule has 0 unspecified atom stereocenters. The molecule has 1 aromatic heterocycles. The number of anilines is 1. The zero-order chi connectivity index (χ0) is 18.7. The van der Waals surface area contributed by atoms with Gasteiger partial charge in [0.05, 0.1) is 0 Å². The number of ether oxygens (including phenoxy) is 1. The summed E-state index contributed by atoms with van der Waals surface area (Å²) in [5.41, 5.74) is 0.796. The molecular weight excluding hydrogens is 316 g/mol. The Morgan fingerprint density at radius 2 is 1.76 bits per heavy atom. The van der Waals surface area contributed by atoms with Crippen molar-refractivity contribution < 1.29 is 9.53 Å². The summed E-state index contributed by atoms with van der Waals surface area (Å²) < 4.78 is 5.51. The minimum Gasteiger partial charge on any atom is -0.444 e. The predicted molar refractivity (Wildman–Crippen MR) is 99.8 cm³/mol. The Labute approximate surface area is 151 Å². The summed E-state index contributed by atoms with van der Waals surface area (Å²) >= 11 is 0. The van der Waals surface area contributed by atoms with Crippen molar-refractivity contribution in [3.8, 4) is 0 Å². The molecule has 3 heterocycles. The van der Waals surface area contributed by atoms with E-state index in [0.717, 1.165) is 50.5 Å². The summed E-state index contributed by atoms with van der Waals surface area (Å²) in [6.45, 7) is 15.1. The second kappa shape index (κ2) is 7.58. The highest BCUT2D eigenvalue weighted by atomic mass is 16.6. The van der Waals surface area contributed by atoms with Crippen molar-refractivity contribution in [2.45, 2.75) is 60.0 Å². The Morgan fingerprint density at radius 1 is 1.16 bits per heavy atom. The lowest BCUT2D eigenvalue weighted by atomic mass is 9.73. The van der Waals surface area contributed by atoms with Crippen LogP contribution in [0.4, 0.5) is 10.7 Å². The first-order valence-electron chi connectivity index (χ1n) is 9.28. The van der Waals surface area contributed by atoms with Gasteiger partial charge in [-0.1, -0.05) is 13.8 Å². The molecule has 0 radical (unpaired) electrons. The van der Waals surface area contributed by atoms with Crippen LogP contribution in [0.5, 0.6) is 0 Å². The summed E-state index contributed by atoms with van der Waals surface area (Å²) in [5, 5.41) is 0. The van der Waals surface area contributed by atoms with Crippen LogP contribution in [0.3, 0.4) is 0 Å². The van der Waals surface area contributed by atoms with E-state index in [2.05, 4.69) is 14.9 Å². The molecule has 25 heavy (non-hydrogen) atoms. The van der Waals surface area contributed by atoms with Gasteiger partial charge in [-0.15, -0.1) is 0 Å². The van der Waals surface area contributed by atoms with Gasteiger partial charge in [-0.25, -0.2) is 14.8 Å². The molecule has 1 spiro atoms. The van der Waals surface area contributed by atoms with Gasteiger partial charge in [0.25, 0.3) is 0 Å². The SMILES string of the molecule is CC.Cc1cnc(N2CC3(CCCN(C(=O)OC(C)(C)C)C3)C2)nc1. The van der Waals surface area contributed by atoms with Gasteiger partial charge in [0.15, 0.2) is 0 Å². The molecule has 0 atom stereocenters. The zero-order valence-electron chi connectivity index (χ0n) is 16.5. The molecule has 3 rings (SSSR count). The number of hydrogen-bond donors (Lipinski definition) is 0. The fraction of sp³-hybridized carbons (Fsp3) is 0.737. The molecule has 0 saturated carbocycles. The van der Waals surface area contributed by atoms with E-state index in [1.165, 1.54) is 0 Å². The lowest BCUT2D eigenvalue weighted by Crippen LogP contribution is -2.64. The number of carbonyl (C=O) groups excluding carboxylic acids is 1. The molecule has 2 aliphatic heterocycles. The first-order chi connectivity index (χ1) is 11.8. The number of amides is 1. The maximum absolute atomic E-state index is 12.3. The minimum atomic E-state index is -0.441. The lowest BCUT2D eigenvalue weighted by Gasteiger charge is -2.54. The van der Waals surface area contributed by atoms with Gasteiger partial charge in [0, 0.05) is 44.0 Å². The highest BCUT2D eigenvalue weighted by Gasteiger charge is 2.47. The zero-order valence-corrected chi connectivity index (χ0v) is 16.5. The Bertz CT molecular complexity index is 574. The third kappa shape index (κ3) is 4.83. The maximum Gasteiger partial charge on any atom is 0.410 e. The van der Waals surface area contributed by atoms with E-state index in [1.807, 2.05) is 58.8 Å². The average molecular weight is 348 g/mol. The third-order valence-electron chi connectivity index (χ3n) is 4.42. The number of aromatic nitrogens is 2. The van der Waals surface area contributed by atoms with E-state index >= 15 is 0 Å². The highest BCUT2D eigenvalue weighted by molar-refractivity contribution is 5.68. The van der Waals surface area contributed by atoms with Crippen molar-refractivity contribution in [2.24, 2.45) is 5.41 Å². The van der Waals surface area contributed by atoms with Gasteiger partial charge in [-0.2, -0.15) is 0 Å². The minimum absolute atomic E-state index is 0.170. The summed E-state index contributed by atoms with van der Waals surface area (Å²) in [6, 6.07) is 0. The lowest BCUT2D eigenvalue weighted by molar-refractivity contribution is -0.00165. The monoisotopic (exact) mass is 348 g/mol. The Kier molecular flexibility index (Phi) is 5.91. The molecule has 0 bridgehead atoms. The number of rotatable bonds is 1. The van der Waals surface area contributed by atoms with E-state index in [0.29, 0.717) is 0 Å². The Hall–Kier alpha value is -1.85.